The number of hydrogen-bond donors (Lipinski definition) is 1. The van der Waals surface area contributed by atoms with Crippen molar-refractivity contribution < 1.29 is 9.18 Å². The summed E-state index contributed by atoms with van der Waals surface area (Å²) in [5.41, 5.74) is 6.19. The number of carbonyl (C=O) groups is 1. The van der Waals surface area contributed by atoms with Gasteiger partial charge in [0.25, 0.3) is 5.91 Å². The van der Waals surface area contributed by atoms with Crippen LogP contribution in [0.3, 0.4) is 0 Å². The third kappa shape index (κ3) is 3.18. The van der Waals surface area contributed by atoms with Crippen molar-refractivity contribution in [1.29, 1.82) is 0 Å². The summed E-state index contributed by atoms with van der Waals surface area (Å²) in [5.74, 6) is -0.757. The largest absolute Gasteiger partial charge is 0.347 e. The topological polar surface area (TPSA) is 44.7 Å². The van der Waals surface area contributed by atoms with E-state index in [1.807, 2.05) is 25.3 Å². The first kappa shape index (κ1) is 16.9. The fourth-order valence-electron chi connectivity index (χ4n) is 3.17. The van der Waals surface area contributed by atoms with Gasteiger partial charge in [-0.2, -0.15) is 5.10 Å². The zero-order valence-electron chi connectivity index (χ0n) is 14.5. The predicted molar refractivity (Wildman–Crippen MR) is 98.3 cm³/mol. The van der Waals surface area contributed by atoms with Gasteiger partial charge in [0.1, 0.15) is 5.82 Å². The van der Waals surface area contributed by atoms with Crippen molar-refractivity contribution >= 4 is 17.8 Å². The fraction of sp³-hybridized carbons (Fsp3) is 0.200. The van der Waals surface area contributed by atoms with Crippen LogP contribution in [0.25, 0.3) is 0 Å². The number of para-hydroxylation sites is 1. The van der Waals surface area contributed by atoms with Gasteiger partial charge in [-0.15, -0.1) is 0 Å². The Hall–Kier alpha value is -2.95. The van der Waals surface area contributed by atoms with E-state index in [-0.39, 0.29) is 17.1 Å². The Morgan fingerprint density at radius 2 is 1.84 bits per heavy atom. The summed E-state index contributed by atoms with van der Waals surface area (Å²) in [6.07, 6.45) is 3.46. The smallest absolute Gasteiger partial charge is 0.271 e. The van der Waals surface area contributed by atoms with Crippen molar-refractivity contribution in [3.05, 3.63) is 77.2 Å². The minimum atomic E-state index is -0.379. The SMILES string of the molecule is CN1C(=CC=NNC(=O)c2ccc(F)cc2)C(C)(C)c2ccccc21. The maximum absolute atomic E-state index is 12.9. The Kier molecular flexibility index (Phi) is 4.40. The molecule has 0 bridgehead atoms. The number of hydrazone groups is 1. The third-order valence-electron chi connectivity index (χ3n) is 4.52. The first-order chi connectivity index (χ1) is 11.9. The highest BCUT2D eigenvalue weighted by Gasteiger charge is 2.37. The third-order valence-corrected chi connectivity index (χ3v) is 4.52. The Labute approximate surface area is 146 Å². The van der Waals surface area contributed by atoms with Crippen LogP contribution in [0.1, 0.15) is 29.8 Å². The second-order valence-corrected chi connectivity index (χ2v) is 6.48. The highest BCUT2D eigenvalue weighted by Crippen LogP contribution is 2.46. The van der Waals surface area contributed by atoms with Gasteiger partial charge in [0, 0.05) is 35.6 Å². The molecule has 1 amide bonds. The summed E-state index contributed by atoms with van der Waals surface area (Å²) in [6, 6.07) is 13.6. The van der Waals surface area contributed by atoms with E-state index in [2.05, 4.69) is 41.4 Å². The van der Waals surface area contributed by atoms with Crippen molar-refractivity contribution in [2.75, 3.05) is 11.9 Å². The van der Waals surface area contributed by atoms with Gasteiger partial charge in [-0.3, -0.25) is 4.79 Å². The van der Waals surface area contributed by atoms with E-state index in [4.69, 9.17) is 0 Å². The van der Waals surface area contributed by atoms with Crippen LogP contribution in [0, 0.1) is 5.82 Å². The molecule has 1 aliphatic heterocycles. The molecule has 128 valence electrons. The monoisotopic (exact) mass is 337 g/mol. The normalized spacial score (nSPS) is 17.1. The average molecular weight is 337 g/mol. The fourth-order valence-corrected chi connectivity index (χ4v) is 3.17. The second-order valence-electron chi connectivity index (χ2n) is 6.48. The lowest BCUT2D eigenvalue weighted by molar-refractivity contribution is 0.0955. The van der Waals surface area contributed by atoms with Crippen LogP contribution in [0.5, 0.6) is 0 Å². The number of amides is 1. The highest BCUT2D eigenvalue weighted by molar-refractivity contribution is 5.94. The summed E-state index contributed by atoms with van der Waals surface area (Å²) < 4.78 is 12.9. The van der Waals surface area contributed by atoms with E-state index in [0.717, 1.165) is 5.70 Å². The van der Waals surface area contributed by atoms with Gasteiger partial charge in [0.2, 0.25) is 0 Å². The number of halogens is 1. The van der Waals surface area contributed by atoms with Crippen LogP contribution in [-0.2, 0) is 5.41 Å². The molecule has 5 heteroatoms. The van der Waals surface area contributed by atoms with E-state index in [1.165, 1.54) is 35.5 Å². The molecule has 3 rings (SSSR count). The number of rotatable bonds is 3. The molecular formula is C20H20FN3O. The Morgan fingerprint density at radius 3 is 2.52 bits per heavy atom. The van der Waals surface area contributed by atoms with E-state index in [0.29, 0.717) is 5.56 Å². The maximum atomic E-state index is 12.9. The summed E-state index contributed by atoms with van der Waals surface area (Å²) in [4.78, 5) is 14.1. The van der Waals surface area contributed by atoms with Crippen LogP contribution in [0.15, 0.2) is 65.4 Å². The Balaban J connectivity index is 1.73. The molecule has 1 N–H and O–H groups in total. The summed E-state index contributed by atoms with van der Waals surface area (Å²) in [5, 5.41) is 3.98. The zero-order chi connectivity index (χ0) is 18.0. The minimum Gasteiger partial charge on any atom is -0.347 e. The molecule has 0 saturated heterocycles. The quantitative estimate of drug-likeness (QED) is 0.683. The lowest BCUT2D eigenvalue weighted by atomic mass is 9.84. The predicted octanol–water partition coefficient (Wildman–Crippen LogP) is 3.85. The average Bonchev–Trinajstić information content (AvgIpc) is 2.79. The van der Waals surface area contributed by atoms with Crippen molar-refractivity contribution in [3.63, 3.8) is 0 Å². The van der Waals surface area contributed by atoms with Crippen LogP contribution in [-0.4, -0.2) is 19.2 Å². The van der Waals surface area contributed by atoms with Gasteiger partial charge in [-0.25, -0.2) is 9.82 Å². The zero-order valence-corrected chi connectivity index (χ0v) is 14.5. The van der Waals surface area contributed by atoms with Gasteiger partial charge in [-0.1, -0.05) is 32.0 Å². The van der Waals surface area contributed by atoms with Crippen LogP contribution < -0.4 is 10.3 Å². The molecule has 2 aromatic rings. The molecule has 0 radical (unpaired) electrons. The first-order valence-corrected chi connectivity index (χ1v) is 8.04. The van der Waals surface area contributed by atoms with Crippen molar-refractivity contribution in [3.8, 4) is 0 Å². The molecule has 0 unspecified atom stereocenters. The molecule has 1 heterocycles. The second kappa shape index (κ2) is 6.51. The number of anilines is 1. The molecule has 0 aliphatic carbocycles. The summed E-state index contributed by atoms with van der Waals surface area (Å²) >= 11 is 0. The lowest BCUT2D eigenvalue weighted by Crippen LogP contribution is -2.23. The summed E-state index contributed by atoms with van der Waals surface area (Å²) in [7, 11) is 2.02. The van der Waals surface area contributed by atoms with Crippen LogP contribution >= 0.6 is 0 Å². The number of allylic oxidation sites excluding steroid dienone is 2. The molecule has 0 saturated carbocycles. The van der Waals surface area contributed by atoms with E-state index >= 15 is 0 Å². The molecule has 1 aliphatic rings. The number of benzene rings is 2. The van der Waals surface area contributed by atoms with Gasteiger partial charge in [0.05, 0.1) is 0 Å². The first-order valence-electron chi connectivity index (χ1n) is 8.04. The summed E-state index contributed by atoms with van der Waals surface area (Å²) in [6.45, 7) is 4.32. The highest BCUT2D eigenvalue weighted by atomic mass is 19.1. The standard InChI is InChI=1S/C20H20FN3O/c1-20(2)16-6-4-5-7-17(16)24(3)18(20)12-13-22-23-19(25)14-8-10-15(21)11-9-14/h4-13H,1-3H3,(H,23,25). The number of nitrogens with zero attached hydrogens (tertiary/aromatic N) is 2. The van der Waals surface area contributed by atoms with E-state index in [1.54, 1.807) is 6.21 Å². The van der Waals surface area contributed by atoms with Gasteiger partial charge >= 0.3 is 0 Å². The van der Waals surface area contributed by atoms with Crippen LogP contribution in [0.4, 0.5) is 10.1 Å². The molecule has 25 heavy (non-hydrogen) atoms. The Morgan fingerprint density at radius 1 is 1.16 bits per heavy atom. The van der Waals surface area contributed by atoms with Crippen LogP contribution in [0.2, 0.25) is 0 Å². The molecule has 4 nitrogen and oxygen atoms in total. The van der Waals surface area contributed by atoms with E-state index in [9.17, 15) is 9.18 Å². The maximum Gasteiger partial charge on any atom is 0.271 e. The van der Waals surface area contributed by atoms with Gasteiger partial charge in [0.15, 0.2) is 0 Å². The minimum absolute atomic E-state index is 0.141. The number of likely N-dealkylation sites (N-methyl/N-ethyl adjacent to an activating group) is 1. The number of carbonyl (C=O) groups excluding carboxylic acids is 1. The molecule has 0 spiro atoms. The number of hydrogen-bond acceptors (Lipinski definition) is 3. The molecule has 2 aromatic carbocycles. The molecular weight excluding hydrogens is 317 g/mol. The van der Waals surface area contributed by atoms with E-state index < -0.39 is 0 Å². The molecule has 0 atom stereocenters. The van der Waals surface area contributed by atoms with Gasteiger partial charge in [-0.05, 0) is 42.0 Å². The number of fused-ring (bicyclic) bond motifs is 1. The Bertz CT molecular complexity index is 853. The van der Waals surface area contributed by atoms with Crippen molar-refractivity contribution in [2.24, 2.45) is 5.10 Å². The lowest BCUT2D eigenvalue weighted by Gasteiger charge is -2.23. The molecule has 0 aromatic heterocycles. The van der Waals surface area contributed by atoms with Crippen molar-refractivity contribution in [1.82, 2.24) is 5.43 Å². The van der Waals surface area contributed by atoms with Crippen molar-refractivity contribution in [2.45, 2.75) is 19.3 Å². The number of nitrogens with one attached hydrogen (secondary N) is 1. The molecule has 0 fully saturated rings. The van der Waals surface area contributed by atoms with Gasteiger partial charge < -0.3 is 4.90 Å².